The highest BCUT2D eigenvalue weighted by Gasteiger charge is 2.38. The van der Waals surface area contributed by atoms with E-state index >= 15 is 4.39 Å². The van der Waals surface area contributed by atoms with Crippen LogP contribution in [0.4, 0.5) is 18.9 Å². The van der Waals surface area contributed by atoms with Crippen LogP contribution in [0.3, 0.4) is 0 Å². The number of nitrogens with two attached hydrogens (primary N) is 1. The highest BCUT2D eigenvalue weighted by molar-refractivity contribution is 6.05. The van der Waals surface area contributed by atoms with Crippen molar-refractivity contribution in [2.24, 2.45) is 0 Å². The highest BCUT2D eigenvalue weighted by Crippen LogP contribution is 2.46. The van der Waals surface area contributed by atoms with Crippen LogP contribution in [0.15, 0.2) is 48.5 Å². The van der Waals surface area contributed by atoms with Gasteiger partial charge in [-0.25, -0.2) is 18.0 Å². The Morgan fingerprint density at radius 1 is 1.11 bits per heavy atom. The summed E-state index contributed by atoms with van der Waals surface area (Å²) in [4.78, 5) is 12.0. The van der Waals surface area contributed by atoms with E-state index in [0.29, 0.717) is 5.56 Å². The number of nitrogen functional groups attached to an aromatic ring is 1. The van der Waals surface area contributed by atoms with Crippen LogP contribution in [0, 0.1) is 22.9 Å². The van der Waals surface area contributed by atoms with Crippen molar-refractivity contribution in [3.63, 3.8) is 0 Å². The third-order valence-electron chi connectivity index (χ3n) is 6.59. The van der Waals surface area contributed by atoms with Gasteiger partial charge in [-0.05, 0) is 42.3 Å². The van der Waals surface area contributed by atoms with Crippen molar-refractivity contribution in [1.82, 2.24) is 4.57 Å². The zero-order chi connectivity index (χ0) is 27.8. The van der Waals surface area contributed by atoms with Gasteiger partial charge < -0.3 is 30.3 Å². The first-order valence-electron chi connectivity index (χ1n) is 11.6. The molecule has 4 N–H and O–H groups in total. The van der Waals surface area contributed by atoms with E-state index in [1.165, 1.54) is 43.1 Å². The SMILES string of the molecule is CCC(O)(COC)c1c(-c2ccc(C(=O)OC)cc2)c2c(F)c(N)c(C=N)cc2n1-c1ccc(F)c(F)c1. The lowest BCUT2D eigenvalue weighted by Gasteiger charge is -2.29. The molecule has 7 nitrogen and oxygen atoms in total. The van der Waals surface area contributed by atoms with Crippen molar-refractivity contribution in [2.45, 2.75) is 18.9 Å². The Kier molecular flexibility index (Phi) is 7.30. The monoisotopic (exact) mass is 525 g/mol. The number of ether oxygens (including phenoxy) is 2. The van der Waals surface area contributed by atoms with E-state index in [0.717, 1.165) is 18.3 Å². The molecule has 0 saturated carbocycles. The number of carbonyl (C=O) groups excluding carboxylic acids is 1. The largest absolute Gasteiger partial charge is 0.465 e. The molecule has 0 bridgehead atoms. The maximum Gasteiger partial charge on any atom is 0.337 e. The van der Waals surface area contributed by atoms with Gasteiger partial charge >= 0.3 is 5.97 Å². The number of benzene rings is 3. The van der Waals surface area contributed by atoms with Crippen molar-refractivity contribution >= 4 is 28.8 Å². The molecule has 3 aromatic carbocycles. The minimum atomic E-state index is -1.74. The molecule has 10 heteroatoms. The smallest absolute Gasteiger partial charge is 0.337 e. The van der Waals surface area contributed by atoms with Gasteiger partial charge in [0.25, 0.3) is 0 Å². The van der Waals surface area contributed by atoms with E-state index in [-0.39, 0.29) is 57.7 Å². The number of nitrogens with zero attached hydrogens (tertiary/aromatic N) is 1. The summed E-state index contributed by atoms with van der Waals surface area (Å²) in [7, 11) is 2.64. The first kappa shape index (κ1) is 26.9. The van der Waals surface area contributed by atoms with Crippen LogP contribution in [0.1, 0.15) is 35.0 Å². The van der Waals surface area contributed by atoms with Crippen LogP contribution < -0.4 is 5.73 Å². The molecule has 4 aromatic rings. The summed E-state index contributed by atoms with van der Waals surface area (Å²) in [6.45, 7) is 1.48. The average molecular weight is 526 g/mol. The summed E-state index contributed by atoms with van der Waals surface area (Å²) in [5.41, 5.74) is 5.32. The quantitative estimate of drug-likeness (QED) is 0.164. The van der Waals surface area contributed by atoms with Gasteiger partial charge in [-0.2, -0.15) is 0 Å². The third-order valence-corrected chi connectivity index (χ3v) is 6.59. The van der Waals surface area contributed by atoms with Crippen molar-refractivity contribution in [3.05, 3.63) is 82.8 Å². The van der Waals surface area contributed by atoms with Gasteiger partial charge in [0.05, 0.1) is 36.2 Å². The fourth-order valence-electron chi connectivity index (χ4n) is 4.64. The van der Waals surface area contributed by atoms with Crippen LogP contribution >= 0.6 is 0 Å². The Morgan fingerprint density at radius 3 is 2.34 bits per heavy atom. The highest BCUT2D eigenvalue weighted by atomic mass is 19.2. The number of fused-ring (bicyclic) bond motifs is 1. The zero-order valence-electron chi connectivity index (χ0n) is 20.9. The van der Waals surface area contributed by atoms with E-state index in [2.05, 4.69) is 0 Å². The number of methoxy groups -OCH3 is 2. The molecule has 1 unspecified atom stereocenters. The van der Waals surface area contributed by atoms with E-state index in [1.54, 1.807) is 19.1 Å². The molecule has 0 spiro atoms. The molecule has 198 valence electrons. The number of carbonyl (C=O) groups is 1. The van der Waals surface area contributed by atoms with Crippen molar-refractivity contribution in [1.29, 1.82) is 5.41 Å². The van der Waals surface area contributed by atoms with E-state index in [9.17, 15) is 18.7 Å². The summed E-state index contributed by atoms with van der Waals surface area (Å²) in [6.07, 6.45) is 0.981. The molecule has 0 radical (unpaired) electrons. The second kappa shape index (κ2) is 10.3. The predicted molar refractivity (Wildman–Crippen MR) is 138 cm³/mol. The summed E-state index contributed by atoms with van der Waals surface area (Å²) in [5, 5.41) is 19.6. The van der Waals surface area contributed by atoms with Gasteiger partial charge in [0.1, 0.15) is 5.60 Å². The fraction of sp³-hybridized carbons (Fsp3) is 0.214. The molecule has 0 saturated heterocycles. The number of anilines is 1. The van der Waals surface area contributed by atoms with Gasteiger partial charge in [0.2, 0.25) is 0 Å². The normalized spacial score (nSPS) is 12.9. The van der Waals surface area contributed by atoms with Crippen molar-refractivity contribution < 1.29 is 32.5 Å². The molecule has 0 aliphatic rings. The number of hydrogen-bond donors (Lipinski definition) is 3. The van der Waals surface area contributed by atoms with Crippen LogP contribution in [0.2, 0.25) is 0 Å². The number of halogens is 3. The summed E-state index contributed by atoms with van der Waals surface area (Å²) in [6, 6.07) is 10.7. The first-order valence-corrected chi connectivity index (χ1v) is 11.6. The van der Waals surface area contributed by atoms with Gasteiger partial charge in [0.15, 0.2) is 17.5 Å². The Balaban J connectivity index is 2.25. The second-order valence-electron chi connectivity index (χ2n) is 8.78. The molecule has 0 aliphatic carbocycles. The number of aromatic nitrogens is 1. The Bertz CT molecular complexity index is 1550. The van der Waals surface area contributed by atoms with Gasteiger partial charge in [-0.15, -0.1) is 0 Å². The predicted octanol–water partition coefficient (Wildman–Crippen LogP) is 5.33. The summed E-state index contributed by atoms with van der Waals surface area (Å²) < 4.78 is 55.9. The average Bonchev–Trinajstić information content (AvgIpc) is 3.27. The van der Waals surface area contributed by atoms with E-state index < -0.39 is 29.0 Å². The lowest BCUT2D eigenvalue weighted by Crippen LogP contribution is -2.33. The Morgan fingerprint density at radius 2 is 1.79 bits per heavy atom. The molecule has 0 fully saturated rings. The van der Waals surface area contributed by atoms with Crippen molar-refractivity contribution in [3.8, 4) is 16.8 Å². The number of esters is 1. The van der Waals surface area contributed by atoms with Gasteiger partial charge in [0, 0.05) is 41.6 Å². The first-order chi connectivity index (χ1) is 18.1. The minimum absolute atomic E-state index is 0.0124. The summed E-state index contributed by atoms with van der Waals surface area (Å²) >= 11 is 0. The maximum atomic E-state index is 16.0. The number of hydrogen-bond acceptors (Lipinski definition) is 6. The maximum absolute atomic E-state index is 16.0. The van der Waals surface area contributed by atoms with E-state index in [1.807, 2.05) is 0 Å². The molecule has 4 rings (SSSR count). The number of aliphatic hydroxyl groups is 1. The minimum Gasteiger partial charge on any atom is -0.465 e. The van der Waals surface area contributed by atoms with Crippen LogP contribution in [-0.2, 0) is 15.1 Å². The molecular weight excluding hydrogens is 499 g/mol. The van der Waals surface area contributed by atoms with Crippen LogP contribution in [0.5, 0.6) is 0 Å². The standard InChI is InChI=1S/C28H26F3N3O4/c1-4-28(36,14-37-2)26-22(15-5-7-16(8-6-15)27(35)38-3)23-21(11-17(13-32)25(33)24(23)31)34(26)18-9-10-19(29)20(30)12-18/h5-13,32,36H,4,14,33H2,1-3H3. The number of nitrogens with one attached hydrogen (secondary N) is 1. The summed E-state index contributed by atoms with van der Waals surface area (Å²) in [5.74, 6) is -3.65. The second-order valence-corrected chi connectivity index (χ2v) is 8.78. The Labute approximate surface area is 216 Å². The molecular formula is C28H26F3N3O4. The zero-order valence-corrected chi connectivity index (χ0v) is 20.9. The molecule has 0 aliphatic heterocycles. The van der Waals surface area contributed by atoms with E-state index in [4.69, 9.17) is 20.6 Å². The molecule has 0 amide bonds. The van der Waals surface area contributed by atoms with Crippen LogP contribution in [0.25, 0.3) is 27.7 Å². The lowest BCUT2D eigenvalue weighted by molar-refractivity contribution is -0.0422. The van der Waals surface area contributed by atoms with Gasteiger partial charge in [-0.3, -0.25) is 0 Å². The van der Waals surface area contributed by atoms with Crippen molar-refractivity contribution in [2.75, 3.05) is 26.6 Å². The topological polar surface area (TPSA) is 111 Å². The molecule has 1 atom stereocenters. The fourth-order valence-corrected chi connectivity index (χ4v) is 4.64. The lowest BCUT2D eigenvalue weighted by atomic mass is 9.89. The number of rotatable bonds is 8. The molecule has 1 aromatic heterocycles. The van der Waals surface area contributed by atoms with Crippen LogP contribution in [-0.4, -0.2) is 42.7 Å². The Hall–Kier alpha value is -4.15. The van der Waals surface area contributed by atoms with Gasteiger partial charge in [-0.1, -0.05) is 19.1 Å². The third kappa shape index (κ3) is 4.31. The molecule has 1 heterocycles. The molecule has 38 heavy (non-hydrogen) atoms.